The van der Waals surface area contributed by atoms with Gasteiger partial charge in [0.2, 0.25) is 5.84 Å². The number of nitrogens with one attached hydrogen (secondary N) is 1. The molecule has 17 heavy (non-hydrogen) atoms. The van der Waals surface area contributed by atoms with Crippen molar-refractivity contribution in [2.24, 2.45) is 10.3 Å². The molecule has 0 saturated heterocycles. The van der Waals surface area contributed by atoms with Gasteiger partial charge in [0.25, 0.3) is 0 Å². The van der Waals surface area contributed by atoms with Crippen LogP contribution in [0.3, 0.4) is 0 Å². The number of aromatic nitrogens is 1. The zero-order chi connectivity index (χ0) is 11.9. The number of pyridine rings is 1. The lowest BCUT2D eigenvalue weighted by atomic mass is 10.3. The lowest BCUT2D eigenvalue weighted by Gasteiger charge is -2.00. The fraction of sp³-hybridized carbons (Fsp3) is 0. The maximum Gasteiger partial charge on any atom is 0.241 e. The molecule has 0 amide bonds. The van der Waals surface area contributed by atoms with Crippen LogP contribution in [0.5, 0.6) is 0 Å². The number of nitroso groups, excluding NO2 is 1. The van der Waals surface area contributed by atoms with Crippen LogP contribution in [0.4, 0.5) is 5.69 Å². The van der Waals surface area contributed by atoms with Gasteiger partial charge < -0.3 is 0 Å². The number of amidine groups is 1. The molecule has 0 atom stereocenters. The molecule has 1 N–H and O–H groups in total. The Morgan fingerprint density at radius 3 is 2.47 bits per heavy atom. The summed E-state index contributed by atoms with van der Waals surface area (Å²) >= 11 is 0. The highest BCUT2D eigenvalue weighted by Crippen LogP contribution is 2.06. The number of para-hydroxylation sites is 1. The van der Waals surface area contributed by atoms with E-state index in [4.69, 9.17) is 0 Å². The van der Waals surface area contributed by atoms with Crippen molar-refractivity contribution in [3.05, 3.63) is 65.3 Å². The number of rotatable bonds is 3. The molecule has 0 aliphatic carbocycles. The van der Waals surface area contributed by atoms with E-state index in [0.717, 1.165) is 5.69 Å². The van der Waals surface area contributed by atoms with Crippen LogP contribution in [0.1, 0.15) is 5.69 Å². The van der Waals surface area contributed by atoms with Gasteiger partial charge in [0.15, 0.2) is 0 Å². The monoisotopic (exact) mass is 226 g/mol. The molecule has 0 radical (unpaired) electrons. The zero-order valence-corrected chi connectivity index (χ0v) is 8.95. The zero-order valence-electron chi connectivity index (χ0n) is 8.95. The summed E-state index contributed by atoms with van der Waals surface area (Å²) in [6.07, 6.45) is 1.58. The summed E-state index contributed by atoms with van der Waals surface area (Å²) in [5.74, 6) is 0.0226. The Morgan fingerprint density at radius 1 is 1.06 bits per heavy atom. The molecule has 84 valence electrons. The smallest absolute Gasteiger partial charge is 0.241 e. The molecule has 0 bridgehead atoms. The van der Waals surface area contributed by atoms with Gasteiger partial charge in [0.1, 0.15) is 5.69 Å². The molecular formula is C12H10N4O. The van der Waals surface area contributed by atoms with E-state index in [9.17, 15) is 4.91 Å². The van der Waals surface area contributed by atoms with E-state index < -0.39 is 0 Å². The molecule has 2 aromatic rings. The third kappa shape index (κ3) is 2.94. The molecule has 0 saturated carbocycles. The highest BCUT2D eigenvalue weighted by atomic mass is 16.3. The van der Waals surface area contributed by atoms with E-state index >= 15 is 0 Å². The summed E-state index contributed by atoms with van der Waals surface area (Å²) in [4.78, 5) is 14.7. The summed E-state index contributed by atoms with van der Waals surface area (Å²) in [6.45, 7) is 0. The Labute approximate surface area is 98.2 Å². The molecule has 0 spiro atoms. The van der Waals surface area contributed by atoms with Crippen molar-refractivity contribution in [2.45, 2.75) is 0 Å². The predicted octanol–water partition coefficient (Wildman–Crippen LogP) is 2.62. The third-order valence-corrected chi connectivity index (χ3v) is 2.05. The normalized spacial score (nSPS) is 10.9. The first-order valence-corrected chi connectivity index (χ1v) is 5.03. The minimum absolute atomic E-state index is 0.0226. The molecule has 0 fully saturated rings. The first kappa shape index (κ1) is 10.9. The van der Waals surface area contributed by atoms with Gasteiger partial charge in [-0.25, -0.2) is 0 Å². The molecule has 1 heterocycles. The fourth-order valence-electron chi connectivity index (χ4n) is 1.25. The summed E-state index contributed by atoms with van der Waals surface area (Å²) in [5.41, 5.74) is 3.97. The fourth-order valence-corrected chi connectivity index (χ4v) is 1.25. The predicted molar refractivity (Wildman–Crippen MR) is 66.6 cm³/mol. The van der Waals surface area contributed by atoms with Crippen LogP contribution >= 0.6 is 0 Å². The standard InChI is InChI=1S/C12H10N4O/c17-16-12(11-8-4-5-9-13-11)15-14-10-6-2-1-3-7-10/h1-9,14H/b15-12-. The van der Waals surface area contributed by atoms with Crippen LogP contribution in [-0.4, -0.2) is 10.8 Å². The third-order valence-electron chi connectivity index (χ3n) is 2.05. The summed E-state index contributed by atoms with van der Waals surface area (Å²) < 4.78 is 0. The van der Waals surface area contributed by atoms with Crippen molar-refractivity contribution in [3.8, 4) is 0 Å². The molecule has 0 unspecified atom stereocenters. The van der Waals surface area contributed by atoms with E-state index in [1.807, 2.05) is 30.3 Å². The van der Waals surface area contributed by atoms with Crippen LogP contribution in [-0.2, 0) is 0 Å². The maximum atomic E-state index is 10.7. The van der Waals surface area contributed by atoms with E-state index in [1.165, 1.54) is 0 Å². The Hall–Kier alpha value is -2.56. The first-order chi connectivity index (χ1) is 8.40. The summed E-state index contributed by atoms with van der Waals surface area (Å²) in [5, 5.41) is 6.76. The number of benzene rings is 1. The molecule has 0 aliphatic heterocycles. The highest BCUT2D eigenvalue weighted by Gasteiger charge is 2.03. The molecule has 5 nitrogen and oxygen atoms in total. The van der Waals surface area contributed by atoms with Crippen molar-refractivity contribution in [3.63, 3.8) is 0 Å². The van der Waals surface area contributed by atoms with Crippen molar-refractivity contribution in [1.29, 1.82) is 0 Å². The SMILES string of the molecule is O=N/C(=N\Nc1ccccc1)c1ccccn1. The number of hydrogen-bond donors (Lipinski definition) is 1. The molecular weight excluding hydrogens is 216 g/mol. The molecule has 0 aliphatic rings. The number of hydrazone groups is 1. The van der Waals surface area contributed by atoms with Crippen LogP contribution in [0.15, 0.2) is 65.0 Å². The topological polar surface area (TPSA) is 66.7 Å². The van der Waals surface area contributed by atoms with Crippen molar-refractivity contribution in [2.75, 3.05) is 5.43 Å². The van der Waals surface area contributed by atoms with Gasteiger partial charge >= 0.3 is 0 Å². The Balaban J connectivity index is 2.17. The lowest BCUT2D eigenvalue weighted by molar-refractivity contribution is 1.23. The number of hydrogen-bond acceptors (Lipinski definition) is 4. The second kappa shape index (κ2) is 5.50. The van der Waals surface area contributed by atoms with Crippen molar-refractivity contribution < 1.29 is 0 Å². The highest BCUT2D eigenvalue weighted by molar-refractivity contribution is 5.97. The summed E-state index contributed by atoms with van der Waals surface area (Å²) in [6, 6.07) is 14.5. The van der Waals surface area contributed by atoms with Crippen molar-refractivity contribution >= 4 is 11.5 Å². The van der Waals surface area contributed by atoms with E-state index in [0.29, 0.717) is 5.69 Å². The summed E-state index contributed by atoms with van der Waals surface area (Å²) in [7, 11) is 0. The molecule has 1 aromatic carbocycles. The second-order valence-electron chi connectivity index (χ2n) is 3.22. The lowest BCUT2D eigenvalue weighted by Crippen LogP contribution is -2.02. The Morgan fingerprint density at radius 2 is 1.82 bits per heavy atom. The van der Waals surface area contributed by atoms with Gasteiger partial charge in [0.05, 0.1) is 5.69 Å². The van der Waals surface area contributed by atoms with Crippen LogP contribution in [0.2, 0.25) is 0 Å². The number of nitrogens with zero attached hydrogens (tertiary/aromatic N) is 3. The van der Waals surface area contributed by atoms with Crippen LogP contribution in [0.25, 0.3) is 0 Å². The van der Waals surface area contributed by atoms with Gasteiger partial charge in [-0.3, -0.25) is 10.4 Å². The van der Waals surface area contributed by atoms with Gasteiger partial charge in [0, 0.05) is 6.20 Å². The van der Waals surface area contributed by atoms with Gasteiger partial charge in [-0.2, -0.15) is 0 Å². The quantitative estimate of drug-likeness (QED) is 0.378. The van der Waals surface area contributed by atoms with E-state index in [1.54, 1.807) is 24.4 Å². The maximum absolute atomic E-state index is 10.7. The first-order valence-electron chi connectivity index (χ1n) is 5.03. The molecule has 2 rings (SSSR count). The average Bonchev–Trinajstić information content (AvgIpc) is 2.42. The minimum atomic E-state index is 0.0226. The minimum Gasteiger partial charge on any atom is -0.276 e. The Bertz CT molecular complexity index is 511. The Kier molecular flexibility index (Phi) is 3.54. The van der Waals surface area contributed by atoms with E-state index in [2.05, 4.69) is 20.7 Å². The van der Waals surface area contributed by atoms with E-state index in [-0.39, 0.29) is 5.84 Å². The molecule has 5 heteroatoms. The van der Waals surface area contributed by atoms with Gasteiger partial charge in [-0.05, 0) is 29.4 Å². The number of anilines is 1. The average molecular weight is 226 g/mol. The largest absolute Gasteiger partial charge is 0.276 e. The van der Waals surface area contributed by atoms with Gasteiger partial charge in [-0.15, -0.1) is 10.0 Å². The van der Waals surface area contributed by atoms with Crippen LogP contribution < -0.4 is 5.43 Å². The van der Waals surface area contributed by atoms with Gasteiger partial charge in [-0.1, -0.05) is 24.3 Å². The molecule has 1 aromatic heterocycles. The second-order valence-corrected chi connectivity index (χ2v) is 3.22. The van der Waals surface area contributed by atoms with Crippen molar-refractivity contribution in [1.82, 2.24) is 4.98 Å². The van der Waals surface area contributed by atoms with Crippen LogP contribution in [0, 0.1) is 4.91 Å².